The van der Waals surface area contributed by atoms with Gasteiger partial charge in [0.25, 0.3) is 10.0 Å². The van der Waals surface area contributed by atoms with E-state index in [0.29, 0.717) is 28.2 Å². The quantitative estimate of drug-likeness (QED) is 0.875. The fourth-order valence-electron chi connectivity index (χ4n) is 1.59. The fourth-order valence-corrected chi connectivity index (χ4v) is 5.10. The molecule has 2 N–H and O–H groups in total. The lowest BCUT2D eigenvalue weighted by molar-refractivity contribution is 0.273. The Kier molecular flexibility index (Phi) is 5.43. The van der Waals surface area contributed by atoms with E-state index in [1.54, 1.807) is 13.0 Å². The van der Waals surface area contributed by atoms with Gasteiger partial charge >= 0.3 is 0 Å². The summed E-state index contributed by atoms with van der Waals surface area (Å²) in [6.07, 6.45) is 0. The molecule has 0 saturated heterocycles. The van der Waals surface area contributed by atoms with Crippen LogP contribution in [0.5, 0.6) is 0 Å². The second-order valence-electron chi connectivity index (χ2n) is 5.32. The molecular formula is C12H21ClN2O2S2. The smallest absolute Gasteiger partial charge is 0.252 e. The van der Waals surface area contributed by atoms with Crippen molar-refractivity contribution in [3.05, 3.63) is 16.0 Å². The number of sulfonamides is 1. The van der Waals surface area contributed by atoms with E-state index in [4.69, 9.17) is 17.3 Å². The van der Waals surface area contributed by atoms with Gasteiger partial charge in [0.2, 0.25) is 0 Å². The first kappa shape index (κ1) is 16.9. The van der Waals surface area contributed by atoms with Crippen molar-refractivity contribution in [2.45, 2.75) is 31.9 Å². The molecule has 110 valence electrons. The highest BCUT2D eigenvalue weighted by Crippen LogP contribution is 2.32. The molecule has 4 nitrogen and oxygen atoms in total. The monoisotopic (exact) mass is 324 g/mol. The molecule has 1 aromatic rings. The molecule has 0 aliphatic rings. The Morgan fingerprint density at radius 1 is 1.47 bits per heavy atom. The highest BCUT2D eigenvalue weighted by atomic mass is 35.5. The van der Waals surface area contributed by atoms with Crippen molar-refractivity contribution in [3.63, 3.8) is 0 Å². The Morgan fingerprint density at radius 2 is 2.05 bits per heavy atom. The predicted octanol–water partition coefficient (Wildman–Crippen LogP) is 2.71. The Bertz CT molecular complexity index is 518. The zero-order chi connectivity index (χ0) is 14.8. The van der Waals surface area contributed by atoms with Gasteiger partial charge in [0, 0.05) is 13.1 Å². The zero-order valence-electron chi connectivity index (χ0n) is 11.7. The number of rotatable bonds is 6. The molecule has 0 fully saturated rings. The number of hydrogen-bond donors (Lipinski definition) is 1. The number of nitrogens with two attached hydrogens (primary N) is 1. The molecule has 0 aliphatic carbocycles. The SMILES string of the molecule is CCN(CC(C)(C)CN)S(=O)(=O)c1cc(C)c(Cl)s1. The topological polar surface area (TPSA) is 63.4 Å². The Balaban J connectivity index is 3.09. The number of thiophene rings is 1. The molecule has 0 aromatic carbocycles. The molecule has 0 atom stereocenters. The second kappa shape index (κ2) is 6.10. The van der Waals surface area contributed by atoms with Gasteiger partial charge in [0.1, 0.15) is 4.21 Å². The van der Waals surface area contributed by atoms with Crippen LogP contribution in [-0.2, 0) is 10.0 Å². The van der Waals surface area contributed by atoms with Crippen molar-refractivity contribution in [2.75, 3.05) is 19.6 Å². The van der Waals surface area contributed by atoms with E-state index < -0.39 is 10.0 Å². The first-order valence-electron chi connectivity index (χ1n) is 6.10. The van der Waals surface area contributed by atoms with Crippen molar-refractivity contribution < 1.29 is 8.42 Å². The average Bonchev–Trinajstić information content (AvgIpc) is 2.67. The fraction of sp³-hybridized carbons (Fsp3) is 0.667. The summed E-state index contributed by atoms with van der Waals surface area (Å²) >= 11 is 7.06. The van der Waals surface area contributed by atoms with Crippen LogP contribution in [0.2, 0.25) is 4.34 Å². The van der Waals surface area contributed by atoms with Gasteiger partial charge in [-0.15, -0.1) is 11.3 Å². The lowest BCUT2D eigenvalue weighted by atomic mass is 9.94. The summed E-state index contributed by atoms with van der Waals surface area (Å²) in [5, 5.41) is 0. The van der Waals surface area contributed by atoms with Crippen LogP contribution in [-0.4, -0.2) is 32.4 Å². The third kappa shape index (κ3) is 3.92. The molecule has 1 rings (SSSR count). The van der Waals surface area contributed by atoms with Crippen LogP contribution >= 0.6 is 22.9 Å². The summed E-state index contributed by atoms with van der Waals surface area (Å²) in [4.78, 5) is 0. The van der Waals surface area contributed by atoms with Gasteiger partial charge in [-0.1, -0.05) is 32.4 Å². The van der Waals surface area contributed by atoms with E-state index in [9.17, 15) is 8.42 Å². The maximum absolute atomic E-state index is 12.6. The Morgan fingerprint density at radius 3 is 2.42 bits per heavy atom. The van der Waals surface area contributed by atoms with Gasteiger partial charge in [0.15, 0.2) is 0 Å². The third-order valence-electron chi connectivity index (χ3n) is 2.94. The zero-order valence-corrected chi connectivity index (χ0v) is 14.1. The molecule has 0 bridgehead atoms. The lowest BCUT2D eigenvalue weighted by Gasteiger charge is -2.29. The van der Waals surface area contributed by atoms with Gasteiger partial charge in [-0.25, -0.2) is 8.42 Å². The number of nitrogens with zero attached hydrogens (tertiary/aromatic N) is 1. The van der Waals surface area contributed by atoms with Crippen molar-refractivity contribution in [1.29, 1.82) is 0 Å². The van der Waals surface area contributed by atoms with Crippen LogP contribution in [0.25, 0.3) is 0 Å². The highest BCUT2D eigenvalue weighted by Gasteiger charge is 2.30. The van der Waals surface area contributed by atoms with E-state index in [1.165, 1.54) is 4.31 Å². The molecule has 0 aliphatic heterocycles. The van der Waals surface area contributed by atoms with Gasteiger partial charge in [0.05, 0.1) is 4.34 Å². The van der Waals surface area contributed by atoms with Gasteiger partial charge in [-0.3, -0.25) is 0 Å². The summed E-state index contributed by atoms with van der Waals surface area (Å²) in [6, 6.07) is 1.63. The minimum absolute atomic E-state index is 0.251. The minimum Gasteiger partial charge on any atom is -0.330 e. The second-order valence-corrected chi connectivity index (χ2v) is 9.14. The van der Waals surface area contributed by atoms with E-state index >= 15 is 0 Å². The molecule has 0 amide bonds. The predicted molar refractivity (Wildman–Crippen MR) is 81.3 cm³/mol. The average molecular weight is 325 g/mol. The van der Waals surface area contributed by atoms with Crippen LogP contribution in [0.3, 0.4) is 0 Å². The third-order valence-corrected chi connectivity index (χ3v) is 6.86. The molecule has 7 heteroatoms. The standard InChI is InChI=1S/C12H21ClN2O2S2/c1-5-15(8-12(3,4)7-14)19(16,17)10-6-9(2)11(13)18-10/h6H,5,7-8,14H2,1-4H3. The maximum atomic E-state index is 12.6. The van der Waals surface area contributed by atoms with Crippen molar-refractivity contribution >= 4 is 33.0 Å². The lowest BCUT2D eigenvalue weighted by Crippen LogP contribution is -2.41. The summed E-state index contributed by atoms with van der Waals surface area (Å²) in [5.41, 5.74) is 6.22. The van der Waals surface area contributed by atoms with Crippen LogP contribution in [0.1, 0.15) is 26.3 Å². The minimum atomic E-state index is -3.48. The molecule has 0 unspecified atom stereocenters. The van der Waals surface area contributed by atoms with Gasteiger partial charge < -0.3 is 5.73 Å². The normalized spacial score (nSPS) is 13.2. The molecule has 0 saturated carbocycles. The van der Waals surface area contributed by atoms with E-state index in [1.807, 2.05) is 20.8 Å². The molecule has 1 aromatic heterocycles. The van der Waals surface area contributed by atoms with E-state index in [2.05, 4.69) is 0 Å². The Hall–Kier alpha value is -0.140. The molecule has 0 radical (unpaired) electrons. The summed E-state index contributed by atoms with van der Waals surface area (Å²) in [7, 11) is -3.48. The van der Waals surface area contributed by atoms with E-state index in [0.717, 1.165) is 16.9 Å². The summed E-state index contributed by atoms with van der Waals surface area (Å²) in [5.74, 6) is 0. The first-order valence-corrected chi connectivity index (χ1v) is 8.73. The number of hydrogen-bond acceptors (Lipinski definition) is 4. The van der Waals surface area contributed by atoms with Crippen molar-refractivity contribution in [3.8, 4) is 0 Å². The molecule has 19 heavy (non-hydrogen) atoms. The summed E-state index contributed by atoms with van der Waals surface area (Å²) < 4.78 is 27.4. The van der Waals surface area contributed by atoms with Crippen LogP contribution < -0.4 is 5.73 Å². The first-order chi connectivity index (χ1) is 8.64. The Labute approximate surface area is 124 Å². The van der Waals surface area contributed by atoms with Crippen molar-refractivity contribution in [1.82, 2.24) is 4.31 Å². The molecule has 1 heterocycles. The largest absolute Gasteiger partial charge is 0.330 e. The van der Waals surface area contributed by atoms with Crippen LogP contribution in [0.4, 0.5) is 0 Å². The number of aryl methyl sites for hydroxylation is 1. The molecular weight excluding hydrogens is 304 g/mol. The summed E-state index contributed by atoms with van der Waals surface area (Å²) in [6.45, 7) is 8.79. The van der Waals surface area contributed by atoms with Gasteiger partial charge in [-0.2, -0.15) is 4.31 Å². The number of halogens is 1. The van der Waals surface area contributed by atoms with Crippen LogP contribution in [0.15, 0.2) is 10.3 Å². The maximum Gasteiger partial charge on any atom is 0.252 e. The van der Waals surface area contributed by atoms with Crippen molar-refractivity contribution in [2.24, 2.45) is 11.1 Å². The van der Waals surface area contributed by atoms with Gasteiger partial charge in [-0.05, 0) is 30.5 Å². The van der Waals surface area contributed by atoms with Crippen LogP contribution in [0, 0.1) is 12.3 Å². The van der Waals surface area contributed by atoms with E-state index in [-0.39, 0.29) is 5.41 Å². The molecule has 0 spiro atoms. The highest BCUT2D eigenvalue weighted by molar-refractivity contribution is 7.91.